The molecule has 0 bridgehead atoms. The maximum absolute atomic E-state index is 12.1. The number of hydrogen-bond acceptors (Lipinski definition) is 3. The van der Waals surface area contributed by atoms with Crippen molar-refractivity contribution in [2.45, 2.75) is 17.9 Å². The van der Waals surface area contributed by atoms with E-state index >= 15 is 0 Å². The molecule has 2 rings (SSSR count). The van der Waals surface area contributed by atoms with Crippen LogP contribution in [-0.4, -0.2) is 8.42 Å². The van der Waals surface area contributed by atoms with Gasteiger partial charge in [0.05, 0.1) is 17.2 Å². The standard InChI is InChI=1S/C12H12BrNO3S/c1-9(12-3-2-8-17-12)14-18(15,16)11-6-4-10(13)5-7-11/h2-9,14H,1H3. The second-order valence-electron chi connectivity index (χ2n) is 3.81. The van der Waals surface area contributed by atoms with Gasteiger partial charge in [0.15, 0.2) is 0 Å². The minimum atomic E-state index is -3.53. The first-order chi connectivity index (χ1) is 8.49. The number of nitrogens with one attached hydrogen (secondary N) is 1. The Balaban J connectivity index is 2.20. The molecule has 0 amide bonds. The first-order valence-electron chi connectivity index (χ1n) is 5.30. The lowest BCUT2D eigenvalue weighted by Crippen LogP contribution is -2.26. The molecule has 0 spiro atoms. The van der Waals surface area contributed by atoms with E-state index in [4.69, 9.17) is 4.42 Å². The van der Waals surface area contributed by atoms with Gasteiger partial charge in [0.1, 0.15) is 5.76 Å². The van der Waals surface area contributed by atoms with Crippen LogP contribution in [-0.2, 0) is 10.0 Å². The minimum Gasteiger partial charge on any atom is -0.468 e. The highest BCUT2D eigenvalue weighted by Gasteiger charge is 2.19. The number of furan rings is 1. The zero-order valence-electron chi connectivity index (χ0n) is 9.63. The van der Waals surface area contributed by atoms with Gasteiger partial charge in [-0.3, -0.25) is 0 Å². The molecule has 0 saturated heterocycles. The molecule has 1 heterocycles. The SMILES string of the molecule is CC(NS(=O)(=O)c1ccc(Br)cc1)c1ccco1. The summed E-state index contributed by atoms with van der Waals surface area (Å²) in [5, 5.41) is 0. The lowest BCUT2D eigenvalue weighted by molar-refractivity contribution is 0.459. The normalized spacial score (nSPS) is 13.4. The van der Waals surface area contributed by atoms with Gasteiger partial charge in [-0.25, -0.2) is 13.1 Å². The van der Waals surface area contributed by atoms with Gasteiger partial charge in [0.2, 0.25) is 10.0 Å². The third kappa shape index (κ3) is 3.01. The van der Waals surface area contributed by atoms with Crippen LogP contribution in [0.2, 0.25) is 0 Å². The van der Waals surface area contributed by atoms with Crippen LogP contribution < -0.4 is 4.72 Å². The average molecular weight is 330 g/mol. The van der Waals surface area contributed by atoms with Crippen LogP contribution in [0.1, 0.15) is 18.7 Å². The molecule has 0 aliphatic rings. The van der Waals surface area contributed by atoms with E-state index in [0.717, 1.165) is 4.47 Å². The molecule has 18 heavy (non-hydrogen) atoms. The molecule has 4 nitrogen and oxygen atoms in total. The Morgan fingerprint density at radius 3 is 2.44 bits per heavy atom. The predicted molar refractivity (Wildman–Crippen MR) is 71.6 cm³/mol. The first-order valence-corrected chi connectivity index (χ1v) is 7.58. The third-order valence-corrected chi connectivity index (χ3v) is 4.51. The Bertz CT molecular complexity index is 605. The monoisotopic (exact) mass is 329 g/mol. The Hall–Kier alpha value is -1.11. The van der Waals surface area contributed by atoms with Gasteiger partial charge >= 0.3 is 0 Å². The van der Waals surface area contributed by atoms with Crippen molar-refractivity contribution in [3.63, 3.8) is 0 Å². The lowest BCUT2D eigenvalue weighted by atomic mass is 10.3. The smallest absolute Gasteiger partial charge is 0.241 e. The van der Waals surface area contributed by atoms with Gasteiger partial charge in [-0.05, 0) is 43.3 Å². The van der Waals surface area contributed by atoms with Crippen LogP contribution in [0, 0.1) is 0 Å². The minimum absolute atomic E-state index is 0.226. The summed E-state index contributed by atoms with van der Waals surface area (Å²) in [6, 6.07) is 9.50. The van der Waals surface area contributed by atoms with E-state index < -0.39 is 16.1 Å². The van der Waals surface area contributed by atoms with E-state index in [1.165, 1.54) is 6.26 Å². The molecule has 1 atom stereocenters. The van der Waals surface area contributed by atoms with E-state index in [9.17, 15) is 8.42 Å². The Morgan fingerprint density at radius 1 is 1.22 bits per heavy atom. The van der Waals surface area contributed by atoms with Gasteiger partial charge < -0.3 is 4.42 Å². The molecule has 96 valence electrons. The fourth-order valence-electron chi connectivity index (χ4n) is 1.51. The molecule has 1 aromatic heterocycles. The predicted octanol–water partition coefficient (Wildman–Crippen LogP) is 3.08. The van der Waals surface area contributed by atoms with Crippen LogP contribution in [0.5, 0.6) is 0 Å². The first kappa shape index (κ1) is 13.3. The lowest BCUT2D eigenvalue weighted by Gasteiger charge is -2.12. The maximum Gasteiger partial charge on any atom is 0.241 e. The van der Waals surface area contributed by atoms with E-state index in [1.54, 1.807) is 43.3 Å². The van der Waals surface area contributed by atoms with Gasteiger partial charge in [-0.2, -0.15) is 0 Å². The Labute approximate surface area is 114 Å². The van der Waals surface area contributed by atoms with E-state index in [0.29, 0.717) is 5.76 Å². The number of rotatable bonds is 4. The van der Waals surface area contributed by atoms with Crippen molar-refractivity contribution in [2.75, 3.05) is 0 Å². The summed E-state index contributed by atoms with van der Waals surface area (Å²) in [4.78, 5) is 0.226. The van der Waals surface area contributed by atoms with Gasteiger partial charge in [-0.15, -0.1) is 0 Å². The van der Waals surface area contributed by atoms with Crippen LogP contribution in [0.4, 0.5) is 0 Å². The van der Waals surface area contributed by atoms with Gasteiger partial charge in [0, 0.05) is 4.47 Å². The van der Waals surface area contributed by atoms with E-state index in [-0.39, 0.29) is 4.90 Å². The molecule has 0 radical (unpaired) electrons. The molecule has 1 N–H and O–H groups in total. The highest BCUT2D eigenvalue weighted by atomic mass is 79.9. The maximum atomic E-state index is 12.1. The van der Waals surface area contributed by atoms with E-state index in [2.05, 4.69) is 20.7 Å². The molecule has 0 aliphatic carbocycles. The van der Waals surface area contributed by atoms with Crippen LogP contribution in [0.25, 0.3) is 0 Å². The second kappa shape index (κ2) is 5.26. The molecule has 0 aliphatic heterocycles. The Morgan fingerprint density at radius 2 is 1.89 bits per heavy atom. The average Bonchev–Trinajstić information content (AvgIpc) is 2.82. The number of sulfonamides is 1. The summed E-state index contributed by atoms with van der Waals surface area (Å²) < 4.78 is 32.7. The van der Waals surface area contributed by atoms with Crippen LogP contribution >= 0.6 is 15.9 Å². The molecular weight excluding hydrogens is 318 g/mol. The highest BCUT2D eigenvalue weighted by molar-refractivity contribution is 9.10. The molecule has 1 aromatic carbocycles. The van der Waals surface area contributed by atoms with Crippen molar-refractivity contribution in [3.05, 3.63) is 52.9 Å². The molecule has 0 fully saturated rings. The number of hydrogen-bond donors (Lipinski definition) is 1. The van der Waals surface area contributed by atoms with Crippen LogP contribution in [0.15, 0.2) is 56.4 Å². The molecule has 2 aromatic rings. The van der Waals surface area contributed by atoms with Crippen molar-refractivity contribution < 1.29 is 12.8 Å². The molecule has 0 saturated carbocycles. The summed E-state index contributed by atoms with van der Waals surface area (Å²) in [7, 11) is -3.53. The van der Waals surface area contributed by atoms with Crippen molar-refractivity contribution >= 4 is 26.0 Å². The zero-order valence-corrected chi connectivity index (χ0v) is 12.0. The summed E-state index contributed by atoms with van der Waals surface area (Å²) in [5.74, 6) is 0.579. The van der Waals surface area contributed by atoms with Gasteiger partial charge in [-0.1, -0.05) is 15.9 Å². The number of benzene rings is 1. The molecular formula is C12H12BrNO3S. The van der Waals surface area contributed by atoms with E-state index in [1.807, 2.05) is 0 Å². The topological polar surface area (TPSA) is 59.3 Å². The van der Waals surface area contributed by atoms with Crippen molar-refractivity contribution in [1.29, 1.82) is 0 Å². The van der Waals surface area contributed by atoms with Crippen molar-refractivity contribution in [1.82, 2.24) is 4.72 Å². The summed E-state index contributed by atoms with van der Waals surface area (Å²) >= 11 is 3.26. The molecule has 6 heteroatoms. The Kier molecular flexibility index (Phi) is 3.89. The zero-order chi connectivity index (χ0) is 13.2. The molecule has 1 unspecified atom stereocenters. The van der Waals surface area contributed by atoms with Crippen LogP contribution in [0.3, 0.4) is 0 Å². The fraction of sp³-hybridized carbons (Fsp3) is 0.167. The fourth-order valence-corrected chi connectivity index (χ4v) is 2.99. The summed E-state index contributed by atoms with van der Waals surface area (Å²) in [6.07, 6.45) is 1.51. The largest absolute Gasteiger partial charge is 0.468 e. The van der Waals surface area contributed by atoms with Crippen molar-refractivity contribution in [2.24, 2.45) is 0 Å². The summed E-state index contributed by atoms with van der Waals surface area (Å²) in [6.45, 7) is 1.73. The third-order valence-electron chi connectivity index (χ3n) is 2.43. The van der Waals surface area contributed by atoms with Gasteiger partial charge in [0.25, 0.3) is 0 Å². The highest BCUT2D eigenvalue weighted by Crippen LogP contribution is 2.18. The van der Waals surface area contributed by atoms with Crippen molar-refractivity contribution in [3.8, 4) is 0 Å². The summed E-state index contributed by atoms with van der Waals surface area (Å²) in [5.41, 5.74) is 0. The number of halogens is 1. The quantitative estimate of drug-likeness (QED) is 0.937. The second-order valence-corrected chi connectivity index (χ2v) is 6.44.